The third kappa shape index (κ3) is 4.98. The number of fused-ring (bicyclic) bond motifs is 2. The monoisotopic (exact) mass is 547 g/mol. The molecule has 11 heteroatoms. The number of aromatic nitrogens is 4. The minimum absolute atomic E-state index is 0.0420. The van der Waals surface area contributed by atoms with Crippen LogP contribution in [-0.4, -0.2) is 42.3 Å². The van der Waals surface area contributed by atoms with Gasteiger partial charge in [-0.05, 0) is 81.3 Å². The van der Waals surface area contributed by atoms with Crippen LogP contribution in [0.25, 0.3) is 38.8 Å². The first-order chi connectivity index (χ1) is 18.4. The van der Waals surface area contributed by atoms with Gasteiger partial charge in [-0.2, -0.15) is 0 Å². The van der Waals surface area contributed by atoms with Crippen LogP contribution in [0.15, 0.2) is 54.9 Å². The van der Waals surface area contributed by atoms with E-state index in [9.17, 15) is 14.7 Å². The maximum absolute atomic E-state index is 15.1. The zero-order chi connectivity index (χ0) is 28.1. The number of aromatic carboxylic acids is 1. The lowest BCUT2D eigenvalue weighted by Crippen LogP contribution is -2.27. The van der Waals surface area contributed by atoms with Gasteiger partial charge < -0.3 is 9.84 Å². The van der Waals surface area contributed by atoms with E-state index >= 15 is 4.39 Å². The molecule has 0 saturated heterocycles. The molecular formula is C28H23ClFN5O4. The van der Waals surface area contributed by atoms with Gasteiger partial charge in [0.05, 0.1) is 32.7 Å². The maximum atomic E-state index is 15.1. The number of hydrogen-bond acceptors (Lipinski definition) is 6. The number of carbonyl (C=O) groups is 2. The highest BCUT2D eigenvalue weighted by molar-refractivity contribution is 6.35. The Morgan fingerprint density at radius 2 is 1.77 bits per heavy atom. The molecule has 3 heterocycles. The molecule has 0 bridgehead atoms. The molecule has 198 valence electrons. The highest BCUT2D eigenvalue weighted by Gasteiger charge is 2.22. The number of ether oxygens (including phenoxy) is 1. The molecule has 5 aromatic rings. The third-order valence-corrected chi connectivity index (χ3v) is 6.20. The number of amides is 1. The van der Waals surface area contributed by atoms with E-state index in [-0.39, 0.29) is 32.8 Å². The largest absolute Gasteiger partial charge is 0.478 e. The fourth-order valence-electron chi connectivity index (χ4n) is 4.38. The van der Waals surface area contributed by atoms with Crippen LogP contribution in [0.3, 0.4) is 0 Å². The van der Waals surface area contributed by atoms with Crippen molar-refractivity contribution >= 4 is 51.4 Å². The lowest BCUT2D eigenvalue weighted by molar-refractivity contribution is 0.0633. The summed E-state index contributed by atoms with van der Waals surface area (Å²) in [6.45, 7) is 6.94. The molecule has 2 N–H and O–H groups in total. The summed E-state index contributed by atoms with van der Waals surface area (Å²) in [5, 5.41) is 13.1. The number of pyridine rings is 2. The van der Waals surface area contributed by atoms with Crippen molar-refractivity contribution in [3.8, 4) is 16.8 Å². The first kappa shape index (κ1) is 26.1. The Balaban J connectivity index is 1.70. The SMILES string of the molecule is Cc1nc2c(C(=O)O)cc(-c3ccnc(NC(=O)OC(C)(C)C)c3)cc2n1-c1ccnc2c(Cl)ccc(F)c12. The average molecular weight is 548 g/mol. The van der Waals surface area contributed by atoms with Gasteiger partial charge in [0.1, 0.15) is 28.6 Å². The van der Waals surface area contributed by atoms with Crippen molar-refractivity contribution in [1.29, 1.82) is 0 Å². The molecule has 0 atom stereocenters. The number of carboxylic acid groups (broad SMARTS) is 1. The molecule has 0 aliphatic carbocycles. The van der Waals surface area contributed by atoms with Crippen LogP contribution in [0, 0.1) is 12.7 Å². The number of carboxylic acids is 1. The van der Waals surface area contributed by atoms with Crippen molar-refractivity contribution in [3.63, 3.8) is 0 Å². The third-order valence-electron chi connectivity index (χ3n) is 5.89. The lowest BCUT2D eigenvalue weighted by Gasteiger charge is -2.19. The molecule has 39 heavy (non-hydrogen) atoms. The predicted octanol–water partition coefficient (Wildman–Crippen LogP) is 6.78. The second-order valence-electron chi connectivity index (χ2n) is 9.83. The first-order valence-electron chi connectivity index (χ1n) is 11.9. The number of nitrogens with one attached hydrogen (secondary N) is 1. The van der Waals surface area contributed by atoms with Gasteiger partial charge in [0.2, 0.25) is 0 Å². The molecule has 3 aromatic heterocycles. The van der Waals surface area contributed by atoms with Gasteiger partial charge in [-0.25, -0.2) is 23.9 Å². The molecule has 0 fully saturated rings. The van der Waals surface area contributed by atoms with Crippen molar-refractivity contribution in [2.75, 3.05) is 5.32 Å². The van der Waals surface area contributed by atoms with Gasteiger partial charge in [0.25, 0.3) is 0 Å². The van der Waals surface area contributed by atoms with Crippen molar-refractivity contribution < 1.29 is 23.8 Å². The van der Waals surface area contributed by atoms with E-state index in [1.165, 1.54) is 30.6 Å². The van der Waals surface area contributed by atoms with Crippen molar-refractivity contribution in [1.82, 2.24) is 19.5 Å². The number of aryl methyl sites for hydroxylation is 1. The molecule has 0 spiro atoms. The number of benzene rings is 2. The van der Waals surface area contributed by atoms with E-state index in [4.69, 9.17) is 16.3 Å². The minimum atomic E-state index is -1.18. The molecule has 2 aromatic carbocycles. The molecule has 0 aliphatic rings. The van der Waals surface area contributed by atoms with Gasteiger partial charge in [0.15, 0.2) is 0 Å². The number of anilines is 1. The zero-order valence-electron chi connectivity index (χ0n) is 21.4. The summed E-state index contributed by atoms with van der Waals surface area (Å²) >= 11 is 6.30. The molecule has 0 unspecified atom stereocenters. The number of imidazole rings is 1. The number of nitrogens with zero attached hydrogens (tertiary/aromatic N) is 4. The first-order valence-corrected chi connectivity index (χ1v) is 12.3. The van der Waals surface area contributed by atoms with Gasteiger partial charge in [-0.1, -0.05) is 11.6 Å². The van der Waals surface area contributed by atoms with Crippen LogP contribution in [0.5, 0.6) is 0 Å². The summed E-state index contributed by atoms with van der Waals surface area (Å²) in [4.78, 5) is 37.5. The van der Waals surface area contributed by atoms with Crippen molar-refractivity contribution in [2.45, 2.75) is 33.3 Å². The average Bonchev–Trinajstić information content (AvgIpc) is 3.19. The number of carbonyl (C=O) groups excluding carboxylic acids is 1. The number of halogens is 2. The summed E-state index contributed by atoms with van der Waals surface area (Å²) in [5.74, 6) is -1.04. The molecular weight excluding hydrogens is 525 g/mol. The molecule has 0 aliphatic heterocycles. The maximum Gasteiger partial charge on any atom is 0.413 e. The van der Waals surface area contributed by atoms with E-state index in [0.717, 1.165) is 0 Å². The fraction of sp³-hybridized carbons (Fsp3) is 0.179. The van der Waals surface area contributed by atoms with E-state index in [0.29, 0.717) is 28.2 Å². The minimum Gasteiger partial charge on any atom is -0.478 e. The second-order valence-corrected chi connectivity index (χ2v) is 10.2. The summed E-state index contributed by atoms with van der Waals surface area (Å²) < 4.78 is 22.0. The van der Waals surface area contributed by atoms with E-state index in [2.05, 4.69) is 20.3 Å². The Morgan fingerprint density at radius 3 is 2.49 bits per heavy atom. The van der Waals surface area contributed by atoms with Gasteiger partial charge in [-0.3, -0.25) is 14.9 Å². The van der Waals surface area contributed by atoms with Crippen LogP contribution in [0.1, 0.15) is 37.0 Å². The Labute approximate surface area is 227 Å². The highest BCUT2D eigenvalue weighted by Crippen LogP contribution is 2.35. The highest BCUT2D eigenvalue weighted by atomic mass is 35.5. The normalized spacial score (nSPS) is 11.6. The van der Waals surface area contributed by atoms with Crippen LogP contribution in [0.2, 0.25) is 5.02 Å². The van der Waals surface area contributed by atoms with Crippen molar-refractivity contribution in [3.05, 3.63) is 77.1 Å². The number of hydrogen-bond donors (Lipinski definition) is 2. The van der Waals surface area contributed by atoms with E-state index in [1.807, 2.05) is 0 Å². The van der Waals surface area contributed by atoms with Crippen molar-refractivity contribution in [2.24, 2.45) is 0 Å². The van der Waals surface area contributed by atoms with Crippen LogP contribution >= 0.6 is 11.6 Å². The van der Waals surface area contributed by atoms with Gasteiger partial charge in [0, 0.05) is 12.4 Å². The predicted molar refractivity (Wildman–Crippen MR) is 146 cm³/mol. The van der Waals surface area contributed by atoms with Gasteiger partial charge >= 0.3 is 12.1 Å². The smallest absolute Gasteiger partial charge is 0.413 e. The molecule has 0 saturated carbocycles. The quantitative estimate of drug-likeness (QED) is 0.254. The Morgan fingerprint density at radius 1 is 1.03 bits per heavy atom. The summed E-state index contributed by atoms with van der Waals surface area (Å²) in [6.07, 6.45) is 2.32. The van der Waals surface area contributed by atoms with Crippen LogP contribution in [0.4, 0.5) is 15.0 Å². The molecule has 9 nitrogen and oxygen atoms in total. The van der Waals surface area contributed by atoms with Gasteiger partial charge in [-0.15, -0.1) is 0 Å². The Bertz CT molecular complexity index is 1800. The Hall–Kier alpha value is -4.57. The topological polar surface area (TPSA) is 119 Å². The molecule has 0 radical (unpaired) electrons. The van der Waals surface area contributed by atoms with Crippen LogP contribution < -0.4 is 5.32 Å². The fourth-order valence-corrected chi connectivity index (χ4v) is 4.58. The number of rotatable bonds is 4. The molecule has 1 amide bonds. The van der Waals surface area contributed by atoms with E-state index < -0.39 is 23.5 Å². The Kier molecular flexibility index (Phi) is 6.43. The lowest BCUT2D eigenvalue weighted by atomic mass is 10.0. The summed E-state index contributed by atoms with van der Waals surface area (Å²) in [5.41, 5.74) is 1.73. The van der Waals surface area contributed by atoms with E-state index in [1.54, 1.807) is 56.5 Å². The van der Waals surface area contributed by atoms with Crippen LogP contribution in [-0.2, 0) is 4.74 Å². The second kappa shape index (κ2) is 9.63. The zero-order valence-corrected chi connectivity index (χ0v) is 22.2. The summed E-state index contributed by atoms with van der Waals surface area (Å²) in [7, 11) is 0. The summed E-state index contributed by atoms with van der Waals surface area (Å²) in [6, 6.07) is 10.8. The standard InChI is InChI=1S/C28H23ClFN5O4/c1-14-33-24-17(26(36)37)11-16(15-7-9-31-22(13-15)34-27(38)39-28(2,3)4)12-21(24)35(14)20-8-10-32-25-18(29)5-6-19(30)23(20)25/h5-13H,1-4H3,(H,36,37)(H,31,34,38). The molecule has 5 rings (SSSR count).